The molecule has 0 atom stereocenters. The number of hydrogen-bond acceptors (Lipinski definition) is 8. The fourth-order valence-corrected chi connectivity index (χ4v) is 2.52. The van der Waals surface area contributed by atoms with Gasteiger partial charge in [0.2, 0.25) is 6.79 Å². The first-order valence-corrected chi connectivity index (χ1v) is 7.27. The number of hydrogen-bond donors (Lipinski definition) is 1. The highest BCUT2D eigenvalue weighted by Crippen LogP contribution is 2.32. The highest BCUT2D eigenvalue weighted by Gasteiger charge is 2.25. The fraction of sp³-hybridized carbons (Fsp3) is 0.143. The summed E-state index contributed by atoms with van der Waals surface area (Å²) in [5, 5.41) is 10.6. The van der Waals surface area contributed by atoms with Crippen molar-refractivity contribution in [2.45, 2.75) is 0 Å². The molecule has 2 heterocycles. The van der Waals surface area contributed by atoms with Crippen LogP contribution in [0.15, 0.2) is 39.4 Å². The largest absolute Gasteiger partial charge is 0.466 e. The van der Waals surface area contributed by atoms with Crippen LogP contribution in [0.25, 0.3) is 0 Å². The van der Waals surface area contributed by atoms with E-state index in [1.54, 1.807) is 18.2 Å². The smallest absolute Gasteiger partial charge is 0.331 e. The molecule has 2 aliphatic rings. The highest BCUT2D eigenvalue weighted by molar-refractivity contribution is 8.18. The number of benzene rings is 1. The Morgan fingerprint density at radius 1 is 1.39 bits per heavy atom. The molecule has 3 rings (SSSR count). The zero-order valence-electron chi connectivity index (χ0n) is 11.9. The van der Waals surface area contributed by atoms with Crippen molar-refractivity contribution in [1.82, 2.24) is 5.32 Å². The standard InChI is InChI=1S/C14H11N3O5S/c1-20-12(18)5-11-13(19)16-14(23-11)17-15-6-8-2-3-9-10(4-8)22-7-21-9/h2-6H,7H2,1H3,(H,16,17,19)/b11-5+,15-6-. The summed E-state index contributed by atoms with van der Waals surface area (Å²) in [4.78, 5) is 23.0. The third-order valence-corrected chi connectivity index (χ3v) is 3.75. The number of thioether (sulfide) groups is 1. The van der Waals surface area contributed by atoms with Crippen LogP contribution in [-0.2, 0) is 14.3 Å². The lowest BCUT2D eigenvalue weighted by Crippen LogP contribution is -2.19. The molecule has 1 amide bonds. The first-order chi connectivity index (χ1) is 11.2. The van der Waals surface area contributed by atoms with E-state index < -0.39 is 11.9 Å². The van der Waals surface area contributed by atoms with Crippen molar-refractivity contribution in [2.75, 3.05) is 13.9 Å². The van der Waals surface area contributed by atoms with Gasteiger partial charge in [-0.15, -0.1) is 5.10 Å². The molecule has 23 heavy (non-hydrogen) atoms. The third kappa shape index (κ3) is 3.51. The van der Waals surface area contributed by atoms with Gasteiger partial charge in [-0.3, -0.25) is 10.1 Å². The lowest BCUT2D eigenvalue weighted by atomic mass is 10.2. The van der Waals surface area contributed by atoms with E-state index in [0.717, 1.165) is 23.4 Å². The second-order valence-corrected chi connectivity index (χ2v) is 5.38. The van der Waals surface area contributed by atoms with Crippen molar-refractivity contribution < 1.29 is 23.8 Å². The summed E-state index contributed by atoms with van der Waals surface area (Å²) in [6.45, 7) is 0.205. The Balaban J connectivity index is 1.67. The molecular weight excluding hydrogens is 322 g/mol. The van der Waals surface area contributed by atoms with Crippen molar-refractivity contribution in [3.05, 3.63) is 34.7 Å². The summed E-state index contributed by atoms with van der Waals surface area (Å²) >= 11 is 1.01. The average molecular weight is 333 g/mol. The van der Waals surface area contributed by atoms with Crippen molar-refractivity contribution >= 4 is 35.0 Å². The van der Waals surface area contributed by atoms with E-state index in [4.69, 9.17) is 9.47 Å². The van der Waals surface area contributed by atoms with Gasteiger partial charge in [-0.2, -0.15) is 5.10 Å². The predicted molar refractivity (Wildman–Crippen MR) is 83.4 cm³/mol. The van der Waals surface area contributed by atoms with Gasteiger partial charge in [-0.1, -0.05) is 0 Å². The molecule has 0 spiro atoms. The van der Waals surface area contributed by atoms with Gasteiger partial charge < -0.3 is 14.2 Å². The maximum absolute atomic E-state index is 11.6. The lowest BCUT2D eigenvalue weighted by molar-refractivity contribution is -0.135. The van der Waals surface area contributed by atoms with Crippen molar-refractivity contribution in [2.24, 2.45) is 10.2 Å². The number of ether oxygens (including phenoxy) is 3. The molecule has 8 nitrogen and oxygen atoms in total. The molecule has 118 valence electrons. The Hall–Kier alpha value is -2.81. The normalized spacial score (nSPS) is 19.6. The molecule has 2 aliphatic heterocycles. The van der Waals surface area contributed by atoms with E-state index in [2.05, 4.69) is 20.3 Å². The molecule has 0 aliphatic carbocycles. The Bertz CT molecular complexity index is 757. The molecule has 1 N–H and O–H groups in total. The van der Waals surface area contributed by atoms with Crippen LogP contribution in [0.2, 0.25) is 0 Å². The minimum absolute atomic E-state index is 0.203. The number of amides is 1. The second-order valence-electron chi connectivity index (χ2n) is 4.35. The first kappa shape index (κ1) is 15.1. The number of methoxy groups -OCH3 is 1. The summed E-state index contributed by atoms with van der Waals surface area (Å²) < 4.78 is 14.9. The molecule has 9 heteroatoms. The van der Waals surface area contributed by atoms with Crippen molar-refractivity contribution in [3.63, 3.8) is 0 Å². The molecule has 1 fully saturated rings. The summed E-state index contributed by atoms with van der Waals surface area (Å²) in [6, 6.07) is 5.36. The van der Waals surface area contributed by atoms with Gasteiger partial charge in [0, 0.05) is 6.08 Å². The number of fused-ring (bicyclic) bond motifs is 1. The van der Waals surface area contributed by atoms with Crippen LogP contribution in [0.3, 0.4) is 0 Å². The molecular formula is C14H11N3O5S. The summed E-state index contributed by atoms with van der Waals surface area (Å²) in [6.07, 6.45) is 2.62. The number of rotatable bonds is 3. The maximum Gasteiger partial charge on any atom is 0.331 e. The van der Waals surface area contributed by atoms with Gasteiger partial charge in [0.15, 0.2) is 16.7 Å². The number of nitrogens with one attached hydrogen (secondary N) is 1. The van der Waals surface area contributed by atoms with Crippen molar-refractivity contribution in [3.8, 4) is 11.5 Å². The molecule has 1 aromatic rings. The number of nitrogens with zero attached hydrogens (tertiary/aromatic N) is 2. The summed E-state index contributed by atoms with van der Waals surface area (Å²) in [5.41, 5.74) is 0.776. The topological polar surface area (TPSA) is 98.6 Å². The Morgan fingerprint density at radius 2 is 2.22 bits per heavy atom. The summed E-state index contributed by atoms with van der Waals surface area (Å²) in [5.74, 6) is 0.309. The number of carbonyl (C=O) groups excluding carboxylic acids is 2. The van der Waals surface area contributed by atoms with Crippen LogP contribution in [-0.4, -0.2) is 37.2 Å². The number of amidine groups is 1. The van der Waals surface area contributed by atoms with Crippen LogP contribution >= 0.6 is 11.8 Å². The molecule has 1 saturated heterocycles. The van der Waals surface area contributed by atoms with E-state index in [1.165, 1.54) is 13.3 Å². The van der Waals surface area contributed by atoms with Gasteiger partial charge in [-0.05, 0) is 35.5 Å². The van der Waals surface area contributed by atoms with Crippen LogP contribution in [0.1, 0.15) is 5.56 Å². The van der Waals surface area contributed by atoms with Crippen LogP contribution < -0.4 is 14.8 Å². The number of esters is 1. The minimum atomic E-state index is -0.604. The lowest BCUT2D eigenvalue weighted by Gasteiger charge is -1.96. The minimum Gasteiger partial charge on any atom is -0.466 e. The van der Waals surface area contributed by atoms with E-state index in [0.29, 0.717) is 11.5 Å². The maximum atomic E-state index is 11.6. The monoisotopic (exact) mass is 333 g/mol. The number of carbonyl (C=O) groups is 2. The highest BCUT2D eigenvalue weighted by atomic mass is 32.2. The zero-order chi connectivity index (χ0) is 16.2. The SMILES string of the molecule is COC(=O)/C=C1/SC(=N/N=C\c2ccc3c(c2)OCO3)NC1=O. The fourth-order valence-electron chi connectivity index (χ4n) is 1.78. The van der Waals surface area contributed by atoms with Crippen LogP contribution in [0.5, 0.6) is 11.5 Å². The Labute approximate surface area is 135 Å². The van der Waals surface area contributed by atoms with E-state index in [-0.39, 0.29) is 16.9 Å². The third-order valence-electron chi connectivity index (χ3n) is 2.85. The molecule has 0 radical (unpaired) electrons. The van der Waals surface area contributed by atoms with Gasteiger partial charge in [0.1, 0.15) is 0 Å². The van der Waals surface area contributed by atoms with Gasteiger partial charge in [-0.25, -0.2) is 4.79 Å². The predicted octanol–water partition coefficient (Wildman–Crippen LogP) is 1.03. The van der Waals surface area contributed by atoms with E-state index in [9.17, 15) is 9.59 Å². The quantitative estimate of drug-likeness (QED) is 0.384. The van der Waals surface area contributed by atoms with Crippen LogP contribution in [0.4, 0.5) is 0 Å². The first-order valence-electron chi connectivity index (χ1n) is 6.45. The Morgan fingerprint density at radius 3 is 3.04 bits per heavy atom. The molecule has 0 unspecified atom stereocenters. The summed E-state index contributed by atoms with van der Waals surface area (Å²) in [7, 11) is 1.24. The molecule has 0 saturated carbocycles. The average Bonchev–Trinajstić information content (AvgIpc) is 3.14. The van der Waals surface area contributed by atoms with Crippen molar-refractivity contribution in [1.29, 1.82) is 0 Å². The van der Waals surface area contributed by atoms with Gasteiger partial charge in [0.05, 0.1) is 18.2 Å². The molecule has 0 bridgehead atoms. The molecule has 1 aromatic carbocycles. The second kappa shape index (κ2) is 6.53. The van der Waals surface area contributed by atoms with E-state index in [1.807, 2.05) is 0 Å². The van der Waals surface area contributed by atoms with Crippen LogP contribution in [0, 0.1) is 0 Å². The Kier molecular flexibility index (Phi) is 4.29. The molecule has 0 aromatic heterocycles. The van der Waals surface area contributed by atoms with E-state index >= 15 is 0 Å². The van der Waals surface area contributed by atoms with Gasteiger partial charge >= 0.3 is 5.97 Å². The zero-order valence-corrected chi connectivity index (χ0v) is 12.8. The van der Waals surface area contributed by atoms with Gasteiger partial charge in [0.25, 0.3) is 5.91 Å².